The van der Waals surface area contributed by atoms with Gasteiger partial charge in [-0.15, -0.1) is 0 Å². The molecule has 20 N–H and O–H groups in total. The molecule has 0 spiro atoms. The van der Waals surface area contributed by atoms with Gasteiger partial charge in [-0.05, 0) is 48.5 Å². The molecule has 6 rings (SSSR count). The molecule has 28 atom stereocenters. The van der Waals surface area contributed by atoms with E-state index in [0.29, 0.717) is 12.8 Å². The Bertz CT molecular complexity index is 2850. The van der Waals surface area contributed by atoms with Gasteiger partial charge in [-0.2, -0.15) is 13.2 Å². The SMILES string of the molecule is CCCCCCCCCCCCCCCCCC(=O)N[C@@H](COC1OC(CO)[C@@H](O[C@@H]2OC(CO)[C@H](O[C@@H]3OC(CO)[C@H](O)C(O[C@@H]4OC(CO)[C@H](O)C(O)C4O)C3NC(C)=O)C(O[C@]3(C=O)CC(O)[C@@H](NC(C)=O)C([C@H](O)[C@H](O)CO)O3)C2O)C(O)C1O)[C@H](O)/C=C/C(=O)Nc1ccc(SC(F)(F)F)cc1. The standard InChI is InChI=1S/C68H109F3N4O31S/c1-4-5-6-7-8-9-10-11-12-13-14-15-16-17-18-19-46(87)75-38(39(84)24-25-47(88)74-36-20-22-37(23-21-36)107-68(69,70)71)32-97-64-56(95)54(93)58(44(30-79)100-64)102-66-57(96)62(106-67(33-81)26-40(85)48(72-34(2)82)61(105-67)50(89)41(86)27-76)59(45(31-80)101-66)103-63-49(73-35(3)83)60(52(91)43(29-78)98-63)104-65-55(94)53(92)51(90)42(28-77)99-65/h20-25,33,38-45,48-66,76-80,84-86,89-96H,4-19,26-32H2,1-3H3,(H,72,82)(H,73,83)(H,74,88)(H,75,87)/b25-24+/t38-,39+,40?,41+,42?,43?,44?,45?,48+,49?,50+,51-,52-,53?,54?,55?,56?,57?,58+,59-,60?,61?,62?,63-,64?,65-,66-,67-/m0/s1. The Hall–Kier alpha value is -4.39. The molecule has 5 fully saturated rings. The summed E-state index contributed by atoms with van der Waals surface area (Å²) in [5, 5.41) is 187. The molecule has 0 bridgehead atoms. The Morgan fingerprint density at radius 1 is 0.598 bits per heavy atom. The number of aliphatic hydroxyl groups excluding tert-OH is 16. The normalized spacial score (nSPS) is 34.7. The van der Waals surface area contributed by atoms with Gasteiger partial charge >= 0.3 is 5.51 Å². The lowest BCUT2D eigenvalue weighted by Crippen LogP contribution is -2.71. The Kier molecular flexibility index (Phi) is 38.3. The second-order valence-corrected chi connectivity index (χ2v) is 28.5. The molecule has 0 aliphatic carbocycles. The summed E-state index contributed by atoms with van der Waals surface area (Å²) in [7, 11) is 0. The van der Waals surface area contributed by atoms with Crippen molar-refractivity contribution >= 4 is 47.4 Å². The lowest BCUT2D eigenvalue weighted by molar-refractivity contribution is -0.400. The summed E-state index contributed by atoms with van der Waals surface area (Å²) in [6.07, 6.45) is -33.1. The number of carbonyl (C=O) groups excluding carboxylic acids is 5. The number of unbranched alkanes of at least 4 members (excludes halogenated alkanes) is 14. The topological polar surface area (TPSA) is 549 Å². The van der Waals surface area contributed by atoms with Gasteiger partial charge < -0.3 is 150 Å². The van der Waals surface area contributed by atoms with E-state index in [4.69, 9.17) is 47.4 Å². The van der Waals surface area contributed by atoms with Crippen molar-refractivity contribution in [2.75, 3.05) is 45.0 Å². The van der Waals surface area contributed by atoms with Crippen LogP contribution >= 0.6 is 11.8 Å². The van der Waals surface area contributed by atoms with E-state index in [9.17, 15) is 119 Å². The lowest BCUT2D eigenvalue weighted by atomic mass is 9.88. The van der Waals surface area contributed by atoms with E-state index in [0.717, 1.165) is 70.2 Å². The Labute approximate surface area is 620 Å². The minimum Gasteiger partial charge on any atom is -0.394 e. The Morgan fingerprint density at radius 2 is 1.09 bits per heavy atom. The van der Waals surface area contributed by atoms with Crippen molar-refractivity contribution in [1.82, 2.24) is 16.0 Å². The van der Waals surface area contributed by atoms with Gasteiger partial charge in [0.2, 0.25) is 29.4 Å². The van der Waals surface area contributed by atoms with E-state index in [1.165, 1.54) is 63.5 Å². The maximum atomic E-state index is 13.6. The number of benzene rings is 1. The molecule has 0 saturated carbocycles. The number of amides is 4. The highest BCUT2D eigenvalue weighted by Crippen LogP contribution is 2.41. The fourth-order valence-corrected chi connectivity index (χ4v) is 13.8. The van der Waals surface area contributed by atoms with E-state index in [1.54, 1.807) is 0 Å². The van der Waals surface area contributed by atoms with Crippen LogP contribution < -0.4 is 21.3 Å². The lowest BCUT2D eigenvalue weighted by Gasteiger charge is -2.52. The summed E-state index contributed by atoms with van der Waals surface area (Å²) in [4.78, 5) is 65.5. The molecule has 39 heteroatoms. The van der Waals surface area contributed by atoms with Crippen LogP contribution in [0.3, 0.4) is 0 Å². The average molecular weight is 1570 g/mol. The molecule has 1 aromatic carbocycles. The number of alkyl halides is 3. The molecule has 0 radical (unpaired) electrons. The van der Waals surface area contributed by atoms with Crippen LogP contribution in [-0.2, 0) is 71.3 Å². The predicted octanol–water partition coefficient (Wildman–Crippen LogP) is -3.38. The van der Waals surface area contributed by atoms with Gasteiger partial charge in [0.05, 0.1) is 63.9 Å². The molecule has 107 heavy (non-hydrogen) atoms. The van der Waals surface area contributed by atoms with Gasteiger partial charge in [-0.25, -0.2) is 0 Å². The molecule has 5 aliphatic rings. The molecule has 4 amide bonds. The number of carbonyl (C=O) groups is 5. The Morgan fingerprint density at radius 3 is 1.64 bits per heavy atom. The van der Waals surface area contributed by atoms with Crippen LogP contribution in [0.15, 0.2) is 41.3 Å². The van der Waals surface area contributed by atoms with Gasteiger partial charge in [0.1, 0.15) is 116 Å². The summed E-state index contributed by atoms with van der Waals surface area (Å²) in [6.45, 7) is -2.22. The predicted molar refractivity (Wildman–Crippen MR) is 363 cm³/mol. The Balaban J connectivity index is 1.25. The molecule has 5 aliphatic heterocycles. The summed E-state index contributed by atoms with van der Waals surface area (Å²) in [5.41, 5.74) is -4.49. The first-order valence-electron chi connectivity index (χ1n) is 36.1. The molecular weight excluding hydrogens is 1460 g/mol. The highest BCUT2D eigenvalue weighted by atomic mass is 32.2. The van der Waals surface area contributed by atoms with Crippen molar-refractivity contribution in [2.24, 2.45) is 0 Å². The average Bonchev–Trinajstić information content (AvgIpc) is 0.763. The molecule has 0 aromatic heterocycles. The first kappa shape index (κ1) is 91.5. The van der Waals surface area contributed by atoms with Crippen molar-refractivity contribution in [1.29, 1.82) is 0 Å². The smallest absolute Gasteiger partial charge is 0.394 e. The number of nitrogens with one attached hydrogen (secondary N) is 4. The number of aldehydes is 1. The monoisotopic (exact) mass is 1570 g/mol. The van der Waals surface area contributed by atoms with E-state index in [2.05, 4.69) is 28.2 Å². The summed E-state index contributed by atoms with van der Waals surface area (Å²) < 4.78 is 98.8. The number of rotatable bonds is 43. The zero-order valence-electron chi connectivity index (χ0n) is 59.7. The van der Waals surface area contributed by atoms with Crippen LogP contribution in [0.2, 0.25) is 0 Å². The first-order valence-corrected chi connectivity index (χ1v) is 36.9. The first-order chi connectivity index (χ1) is 50.9. The summed E-state index contributed by atoms with van der Waals surface area (Å²) >= 11 is -0.372. The molecule has 5 saturated heterocycles. The quantitative estimate of drug-likeness (QED) is 0.0131. The van der Waals surface area contributed by atoms with Crippen molar-refractivity contribution in [3.8, 4) is 0 Å². The fourth-order valence-electron chi connectivity index (χ4n) is 13.2. The van der Waals surface area contributed by atoms with Crippen molar-refractivity contribution in [2.45, 2.75) is 311 Å². The summed E-state index contributed by atoms with van der Waals surface area (Å²) in [5.74, 6) is -6.21. The minimum atomic E-state index is -4.57. The van der Waals surface area contributed by atoms with Crippen LogP contribution in [-0.4, -0.2) is 328 Å². The van der Waals surface area contributed by atoms with Gasteiger partial charge in [0.25, 0.3) is 0 Å². The van der Waals surface area contributed by atoms with E-state index in [1.807, 2.05) is 0 Å². The molecule has 15 unspecified atom stereocenters. The van der Waals surface area contributed by atoms with Gasteiger partial charge in [0.15, 0.2) is 31.4 Å². The van der Waals surface area contributed by atoms with Gasteiger partial charge in [-0.1, -0.05) is 96.8 Å². The molecule has 5 heterocycles. The third-order valence-corrected chi connectivity index (χ3v) is 19.7. The minimum absolute atomic E-state index is 0.0288. The largest absolute Gasteiger partial charge is 0.446 e. The van der Waals surface area contributed by atoms with Crippen LogP contribution in [0.1, 0.15) is 130 Å². The molecule has 1 aromatic rings. The zero-order valence-corrected chi connectivity index (χ0v) is 60.5. The maximum Gasteiger partial charge on any atom is 0.446 e. The molecular formula is C68H109F3N4O31S. The van der Waals surface area contributed by atoms with Crippen LogP contribution in [0.25, 0.3) is 0 Å². The van der Waals surface area contributed by atoms with Crippen LogP contribution in [0.5, 0.6) is 0 Å². The van der Waals surface area contributed by atoms with E-state index < -0.39 is 246 Å². The highest BCUT2D eigenvalue weighted by molar-refractivity contribution is 8.00. The third kappa shape index (κ3) is 26.9. The summed E-state index contributed by atoms with van der Waals surface area (Å²) in [6, 6.07) is -0.390. The van der Waals surface area contributed by atoms with Crippen molar-refractivity contribution < 1.29 is 166 Å². The number of hydrogen-bond donors (Lipinski definition) is 20. The van der Waals surface area contributed by atoms with Gasteiger partial charge in [-0.3, -0.25) is 24.0 Å². The number of aliphatic hydroxyl groups is 16. The van der Waals surface area contributed by atoms with Crippen molar-refractivity contribution in [3.63, 3.8) is 0 Å². The second-order valence-electron chi connectivity index (χ2n) is 27.3. The van der Waals surface area contributed by atoms with Crippen LogP contribution in [0, 0.1) is 0 Å². The number of hydrogen-bond acceptors (Lipinski definition) is 32. The van der Waals surface area contributed by atoms with Crippen molar-refractivity contribution in [3.05, 3.63) is 36.4 Å². The van der Waals surface area contributed by atoms with Crippen LogP contribution in [0.4, 0.5) is 18.9 Å². The number of thioether (sulfide) groups is 1. The highest BCUT2D eigenvalue weighted by Gasteiger charge is 2.60. The van der Waals surface area contributed by atoms with Gasteiger partial charge in [0, 0.05) is 43.3 Å². The number of ether oxygens (including phenoxy) is 10. The molecule has 614 valence electrons. The maximum absolute atomic E-state index is 13.6. The third-order valence-electron chi connectivity index (χ3n) is 19.0. The number of halogens is 3. The van der Waals surface area contributed by atoms with E-state index >= 15 is 0 Å². The van der Waals surface area contributed by atoms with E-state index in [-0.39, 0.29) is 35.1 Å². The fraction of sp³-hybridized carbons (Fsp3) is 0.809. The molecule has 35 nitrogen and oxygen atoms in total. The zero-order chi connectivity index (χ0) is 78.9. The second kappa shape index (κ2) is 44.7. The number of anilines is 1.